The minimum Gasteiger partial charge on any atom is -0.461 e. The molecule has 0 aromatic carbocycles. The van der Waals surface area contributed by atoms with E-state index < -0.39 is 15.8 Å². The molecule has 1 aliphatic rings. The van der Waals surface area contributed by atoms with E-state index in [2.05, 4.69) is 4.98 Å². The van der Waals surface area contributed by atoms with Gasteiger partial charge in [0.15, 0.2) is 21.9 Å². The Morgan fingerprint density at radius 1 is 1.65 bits per heavy atom. The fourth-order valence-electron chi connectivity index (χ4n) is 1.90. The van der Waals surface area contributed by atoms with Crippen LogP contribution in [0.2, 0.25) is 0 Å². The van der Waals surface area contributed by atoms with Gasteiger partial charge in [-0.1, -0.05) is 0 Å². The van der Waals surface area contributed by atoms with Gasteiger partial charge in [-0.3, -0.25) is 0 Å². The van der Waals surface area contributed by atoms with Crippen molar-refractivity contribution in [3.05, 3.63) is 17.8 Å². The van der Waals surface area contributed by atoms with E-state index in [-0.39, 0.29) is 29.7 Å². The molecule has 2 heterocycles. The Balaban J connectivity index is 2.23. The minimum atomic E-state index is -3.02. The molecule has 1 fully saturated rings. The van der Waals surface area contributed by atoms with E-state index in [4.69, 9.17) is 9.15 Å². The van der Waals surface area contributed by atoms with Gasteiger partial charge in [-0.05, 0) is 13.3 Å². The van der Waals surface area contributed by atoms with Crippen LogP contribution >= 0.6 is 0 Å². The average Bonchev–Trinajstić information content (AvgIpc) is 2.84. The lowest BCUT2D eigenvalue weighted by atomic mass is 10.0. The maximum absolute atomic E-state index is 11.6. The number of carbonyl (C=O) groups excluding carboxylic acids is 1. The third-order valence-corrected chi connectivity index (χ3v) is 4.43. The van der Waals surface area contributed by atoms with Crippen molar-refractivity contribution in [1.82, 2.24) is 4.98 Å². The van der Waals surface area contributed by atoms with Crippen LogP contribution in [0.25, 0.3) is 0 Å². The van der Waals surface area contributed by atoms with E-state index in [1.807, 2.05) is 0 Å². The molecule has 0 N–H and O–H groups in total. The summed E-state index contributed by atoms with van der Waals surface area (Å²) in [6.07, 6.45) is 1.61. The largest absolute Gasteiger partial charge is 0.461 e. The van der Waals surface area contributed by atoms with Gasteiger partial charge >= 0.3 is 5.97 Å². The van der Waals surface area contributed by atoms with Crippen LogP contribution in [0, 0.1) is 0 Å². The number of hydrogen-bond donors (Lipinski definition) is 0. The van der Waals surface area contributed by atoms with Crippen molar-refractivity contribution in [2.45, 2.75) is 19.3 Å². The molecule has 1 unspecified atom stereocenters. The Kier molecular flexibility index (Phi) is 3.19. The summed E-state index contributed by atoms with van der Waals surface area (Å²) in [5, 5.41) is 0. The lowest BCUT2D eigenvalue weighted by Crippen LogP contribution is -2.11. The fraction of sp³-hybridized carbons (Fsp3) is 0.600. The molecule has 1 aromatic heterocycles. The lowest BCUT2D eigenvalue weighted by molar-refractivity contribution is 0.0517. The zero-order valence-corrected chi connectivity index (χ0v) is 10.2. The van der Waals surface area contributed by atoms with E-state index in [9.17, 15) is 13.2 Å². The van der Waals surface area contributed by atoms with E-state index >= 15 is 0 Å². The smallest absolute Gasteiger partial charge is 0.360 e. The van der Waals surface area contributed by atoms with Gasteiger partial charge in [0, 0.05) is 5.92 Å². The van der Waals surface area contributed by atoms with Crippen molar-refractivity contribution in [2.75, 3.05) is 18.1 Å². The molecular formula is C10H13NO5S. The van der Waals surface area contributed by atoms with Crippen LogP contribution in [0.5, 0.6) is 0 Å². The third-order valence-electron chi connectivity index (χ3n) is 2.67. The molecule has 6 nitrogen and oxygen atoms in total. The summed E-state index contributed by atoms with van der Waals surface area (Å²) < 4.78 is 32.7. The maximum Gasteiger partial charge on any atom is 0.360 e. The van der Waals surface area contributed by atoms with Gasteiger partial charge in [-0.2, -0.15) is 0 Å². The van der Waals surface area contributed by atoms with Crippen molar-refractivity contribution < 1.29 is 22.4 Å². The van der Waals surface area contributed by atoms with Gasteiger partial charge in [0.1, 0.15) is 5.76 Å². The number of hydrogen-bond acceptors (Lipinski definition) is 6. The van der Waals surface area contributed by atoms with Crippen molar-refractivity contribution in [3.8, 4) is 0 Å². The van der Waals surface area contributed by atoms with E-state index in [0.29, 0.717) is 12.2 Å². The summed E-state index contributed by atoms with van der Waals surface area (Å²) >= 11 is 0. The molecule has 0 amide bonds. The Morgan fingerprint density at radius 2 is 2.41 bits per heavy atom. The first-order valence-electron chi connectivity index (χ1n) is 5.34. The lowest BCUT2D eigenvalue weighted by Gasteiger charge is -2.05. The quantitative estimate of drug-likeness (QED) is 0.744. The highest BCUT2D eigenvalue weighted by atomic mass is 32.2. The van der Waals surface area contributed by atoms with E-state index in [0.717, 1.165) is 6.39 Å². The van der Waals surface area contributed by atoms with E-state index in [1.165, 1.54) is 0 Å². The predicted octanol–water partition coefficient (Wildman–Crippen LogP) is 0.753. The number of sulfone groups is 1. The van der Waals surface area contributed by atoms with Crippen molar-refractivity contribution in [2.24, 2.45) is 0 Å². The molecule has 0 radical (unpaired) electrons. The second kappa shape index (κ2) is 4.48. The zero-order chi connectivity index (χ0) is 12.5. The van der Waals surface area contributed by atoms with Gasteiger partial charge in [-0.15, -0.1) is 0 Å². The standard InChI is InChI=1S/C10H13NO5S/c1-2-15-10(12)8-9(16-6-11-8)7-3-4-17(13,14)5-7/h6-7H,2-5H2,1H3. The van der Waals surface area contributed by atoms with Crippen LogP contribution in [0.4, 0.5) is 0 Å². The summed E-state index contributed by atoms with van der Waals surface area (Å²) in [6, 6.07) is 0. The number of esters is 1. The van der Waals surface area contributed by atoms with Crippen LogP contribution in [0.1, 0.15) is 35.5 Å². The zero-order valence-electron chi connectivity index (χ0n) is 9.38. The molecule has 2 rings (SSSR count). The second-order valence-electron chi connectivity index (χ2n) is 3.89. The monoisotopic (exact) mass is 259 g/mol. The number of rotatable bonds is 3. The predicted molar refractivity (Wildman–Crippen MR) is 58.5 cm³/mol. The molecule has 0 bridgehead atoms. The molecule has 1 saturated heterocycles. The first-order chi connectivity index (χ1) is 8.03. The van der Waals surface area contributed by atoms with Crippen molar-refractivity contribution in [1.29, 1.82) is 0 Å². The van der Waals surface area contributed by atoms with Gasteiger partial charge in [-0.25, -0.2) is 18.2 Å². The average molecular weight is 259 g/mol. The molecule has 7 heteroatoms. The second-order valence-corrected chi connectivity index (χ2v) is 6.11. The topological polar surface area (TPSA) is 86.5 Å². The Labute approximate surface area is 98.9 Å². The number of carbonyl (C=O) groups is 1. The molecular weight excluding hydrogens is 246 g/mol. The molecule has 1 aliphatic heterocycles. The van der Waals surface area contributed by atoms with Crippen LogP contribution < -0.4 is 0 Å². The number of oxazole rings is 1. The summed E-state index contributed by atoms with van der Waals surface area (Å²) in [5.74, 6) is -0.401. The Hall–Kier alpha value is -1.37. The third kappa shape index (κ3) is 2.49. The Morgan fingerprint density at radius 3 is 3.00 bits per heavy atom. The molecule has 1 atom stereocenters. The number of aromatic nitrogens is 1. The molecule has 0 aliphatic carbocycles. The summed E-state index contributed by atoms with van der Waals surface area (Å²) in [4.78, 5) is 15.3. The van der Waals surface area contributed by atoms with E-state index in [1.54, 1.807) is 6.92 Å². The van der Waals surface area contributed by atoms with Crippen molar-refractivity contribution in [3.63, 3.8) is 0 Å². The van der Waals surface area contributed by atoms with Crippen LogP contribution in [-0.2, 0) is 14.6 Å². The minimum absolute atomic E-state index is 0.00853. The summed E-state index contributed by atoms with van der Waals surface area (Å²) in [5.41, 5.74) is 0.0916. The van der Waals surface area contributed by atoms with Gasteiger partial charge in [0.05, 0.1) is 18.1 Å². The highest BCUT2D eigenvalue weighted by molar-refractivity contribution is 7.91. The van der Waals surface area contributed by atoms with Crippen LogP contribution in [0.3, 0.4) is 0 Å². The normalized spacial score (nSPS) is 22.5. The van der Waals surface area contributed by atoms with Crippen LogP contribution in [0.15, 0.2) is 10.8 Å². The van der Waals surface area contributed by atoms with Crippen LogP contribution in [-0.4, -0.2) is 37.5 Å². The Bertz CT molecular complexity index is 519. The number of ether oxygens (including phenoxy) is 1. The van der Waals surface area contributed by atoms with Gasteiger partial charge in [0.25, 0.3) is 0 Å². The molecule has 17 heavy (non-hydrogen) atoms. The summed E-state index contributed by atoms with van der Waals surface area (Å²) in [7, 11) is -3.02. The van der Waals surface area contributed by atoms with Gasteiger partial charge < -0.3 is 9.15 Å². The molecule has 0 spiro atoms. The SMILES string of the molecule is CCOC(=O)c1ncoc1C1CCS(=O)(=O)C1. The molecule has 1 aromatic rings. The first-order valence-corrected chi connectivity index (χ1v) is 7.16. The highest BCUT2D eigenvalue weighted by Gasteiger charge is 2.34. The van der Waals surface area contributed by atoms with Gasteiger partial charge in [0.2, 0.25) is 0 Å². The highest BCUT2D eigenvalue weighted by Crippen LogP contribution is 2.30. The fourth-order valence-corrected chi connectivity index (χ4v) is 3.64. The molecule has 0 saturated carbocycles. The number of nitrogens with zero attached hydrogens (tertiary/aromatic N) is 1. The summed E-state index contributed by atoms with van der Waals surface area (Å²) in [6.45, 7) is 1.94. The van der Waals surface area contributed by atoms with Crippen molar-refractivity contribution >= 4 is 15.8 Å². The maximum atomic E-state index is 11.6. The first kappa shape index (κ1) is 12.1. The molecule has 94 valence electrons.